The van der Waals surface area contributed by atoms with E-state index in [1.165, 1.54) is 11.3 Å². The standard InChI is InChI=1S/C22H25N7OS/c1-22(30,20-24-9-14-31-20)7-5-16-3-4-18(29-12-10-28(2)11-13-29)17(15-16)26-19-6-8-25-21(23)27-19/h3-4,6,8-9,14-15,30H,10-13H2,1-2H3,(H3,23,25,26,27). The van der Waals surface area contributed by atoms with Gasteiger partial charge in [-0.2, -0.15) is 4.98 Å². The lowest BCUT2D eigenvalue weighted by molar-refractivity contribution is 0.122. The molecule has 0 radical (unpaired) electrons. The van der Waals surface area contributed by atoms with Gasteiger partial charge < -0.3 is 26.0 Å². The van der Waals surface area contributed by atoms with Gasteiger partial charge in [0.1, 0.15) is 10.8 Å². The van der Waals surface area contributed by atoms with E-state index in [1.807, 2.05) is 17.5 Å². The van der Waals surface area contributed by atoms with E-state index in [9.17, 15) is 5.11 Å². The van der Waals surface area contributed by atoms with Gasteiger partial charge >= 0.3 is 0 Å². The van der Waals surface area contributed by atoms with Crippen molar-refractivity contribution in [2.75, 3.05) is 49.2 Å². The molecule has 4 N–H and O–H groups in total. The fraction of sp³-hybridized carbons (Fsp3) is 0.318. The molecule has 1 unspecified atom stereocenters. The first-order chi connectivity index (χ1) is 14.9. The molecule has 0 aliphatic carbocycles. The molecule has 0 amide bonds. The molecule has 3 heterocycles. The molecule has 8 nitrogen and oxygen atoms in total. The van der Waals surface area contributed by atoms with Gasteiger partial charge in [0.15, 0.2) is 5.60 Å². The molecule has 1 aliphatic heterocycles. The Balaban J connectivity index is 1.66. The average Bonchev–Trinajstić information content (AvgIpc) is 3.29. The predicted octanol–water partition coefficient (Wildman–Crippen LogP) is 2.27. The maximum absolute atomic E-state index is 10.7. The normalized spacial score (nSPS) is 16.3. The zero-order chi connectivity index (χ0) is 21.8. The maximum Gasteiger partial charge on any atom is 0.221 e. The summed E-state index contributed by atoms with van der Waals surface area (Å²) in [5.41, 5.74) is 7.17. The van der Waals surface area contributed by atoms with E-state index < -0.39 is 5.60 Å². The zero-order valence-corrected chi connectivity index (χ0v) is 18.4. The largest absolute Gasteiger partial charge is 0.371 e. The number of anilines is 4. The van der Waals surface area contributed by atoms with E-state index in [0.29, 0.717) is 10.8 Å². The van der Waals surface area contributed by atoms with Crippen molar-refractivity contribution in [2.45, 2.75) is 12.5 Å². The van der Waals surface area contributed by atoms with Crippen LogP contribution in [0.5, 0.6) is 0 Å². The Bertz CT molecular complexity index is 1100. The molecule has 0 spiro atoms. The number of nitrogens with two attached hydrogens (primary N) is 1. The minimum atomic E-state index is -1.31. The highest BCUT2D eigenvalue weighted by Gasteiger charge is 2.23. The molecular formula is C22H25N7OS. The van der Waals surface area contributed by atoms with Crippen LogP contribution in [-0.2, 0) is 5.60 Å². The summed E-state index contributed by atoms with van der Waals surface area (Å²) in [7, 11) is 2.13. The van der Waals surface area contributed by atoms with E-state index in [2.05, 4.69) is 55.0 Å². The second kappa shape index (κ2) is 8.89. The third-order valence-electron chi connectivity index (χ3n) is 5.08. The van der Waals surface area contributed by atoms with Gasteiger partial charge in [-0.3, -0.25) is 0 Å². The smallest absolute Gasteiger partial charge is 0.221 e. The summed E-state index contributed by atoms with van der Waals surface area (Å²) in [6.07, 6.45) is 3.28. The third kappa shape index (κ3) is 5.11. The van der Waals surface area contributed by atoms with Gasteiger partial charge in [0.25, 0.3) is 0 Å². The molecule has 1 aromatic carbocycles. The van der Waals surface area contributed by atoms with Crippen molar-refractivity contribution < 1.29 is 5.11 Å². The lowest BCUT2D eigenvalue weighted by Gasteiger charge is -2.35. The number of piperazine rings is 1. The minimum Gasteiger partial charge on any atom is -0.371 e. The predicted molar refractivity (Wildman–Crippen MR) is 124 cm³/mol. The summed E-state index contributed by atoms with van der Waals surface area (Å²) in [6, 6.07) is 7.77. The number of aliphatic hydroxyl groups is 1. The molecule has 4 rings (SSSR count). The maximum atomic E-state index is 10.7. The summed E-state index contributed by atoms with van der Waals surface area (Å²) < 4.78 is 0. The first-order valence-electron chi connectivity index (χ1n) is 9.99. The van der Waals surface area contributed by atoms with Crippen molar-refractivity contribution in [1.82, 2.24) is 19.9 Å². The van der Waals surface area contributed by atoms with Crippen LogP contribution in [0.1, 0.15) is 17.5 Å². The Labute approximate surface area is 185 Å². The highest BCUT2D eigenvalue weighted by atomic mass is 32.1. The van der Waals surface area contributed by atoms with Gasteiger partial charge in [-0.05, 0) is 38.2 Å². The van der Waals surface area contributed by atoms with Crippen LogP contribution in [0.25, 0.3) is 0 Å². The third-order valence-corrected chi connectivity index (χ3v) is 6.06. The number of benzene rings is 1. The Morgan fingerprint density at radius 3 is 2.68 bits per heavy atom. The molecular weight excluding hydrogens is 410 g/mol. The van der Waals surface area contributed by atoms with Crippen LogP contribution in [0.15, 0.2) is 42.0 Å². The van der Waals surface area contributed by atoms with Crippen LogP contribution in [0.3, 0.4) is 0 Å². The van der Waals surface area contributed by atoms with Crippen molar-refractivity contribution >= 4 is 34.5 Å². The van der Waals surface area contributed by atoms with Crippen LogP contribution in [-0.4, -0.2) is 58.2 Å². The molecule has 0 bridgehead atoms. The lowest BCUT2D eigenvalue weighted by atomic mass is 10.1. The average molecular weight is 436 g/mol. The second-order valence-corrected chi connectivity index (χ2v) is 8.50. The van der Waals surface area contributed by atoms with Gasteiger partial charge in [-0.1, -0.05) is 11.8 Å². The number of aromatic nitrogens is 3. The molecule has 0 saturated carbocycles. The van der Waals surface area contributed by atoms with Crippen molar-refractivity contribution in [2.24, 2.45) is 0 Å². The van der Waals surface area contributed by atoms with Crippen molar-refractivity contribution in [3.63, 3.8) is 0 Å². The summed E-state index contributed by atoms with van der Waals surface area (Å²) in [6.45, 7) is 5.51. The van der Waals surface area contributed by atoms with E-state index in [1.54, 1.807) is 25.4 Å². The molecule has 160 valence electrons. The van der Waals surface area contributed by atoms with Crippen molar-refractivity contribution in [1.29, 1.82) is 0 Å². The Morgan fingerprint density at radius 2 is 1.97 bits per heavy atom. The van der Waals surface area contributed by atoms with Crippen LogP contribution < -0.4 is 16.0 Å². The zero-order valence-electron chi connectivity index (χ0n) is 17.5. The fourth-order valence-electron chi connectivity index (χ4n) is 3.33. The first kappa shape index (κ1) is 21.1. The number of hydrogen-bond donors (Lipinski definition) is 3. The molecule has 3 aromatic rings. The van der Waals surface area contributed by atoms with Crippen LogP contribution in [0, 0.1) is 11.8 Å². The molecule has 1 atom stereocenters. The molecule has 31 heavy (non-hydrogen) atoms. The van der Waals surface area contributed by atoms with Gasteiger partial charge in [-0.15, -0.1) is 11.3 Å². The Hall–Kier alpha value is -3.19. The molecule has 9 heteroatoms. The van der Waals surface area contributed by atoms with Gasteiger partial charge in [0, 0.05) is 49.5 Å². The minimum absolute atomic E-state index is 0.210. The number of likely N-dealkylation sites (N-methyl/N-ethyl adjacent to an activating group) is 1. The fourth-order valence-corrected chi connectivity index (χ4v) is 3.98. The SMILES string of the molecule is CN1CCN(c2ccc(C#CC(C)(O)c3nccs3)cc2Nc2ccnc(N)n2)CC1. The van der Waals surface area contributed by atoms with E-state index >= 15 is 0 Å². The number of rotatable bonds is 4. The van der Waals surface area contributed by atoms with Gasteiger partial charge in [-0.25, -0.2) is 9.97 Å². The van der Waals surface area contributed by atoms with Gasteiger partial charge in [0.2, 0.25) is 5.95 Å². The highest BCUT2D eigenvalue weighted by molar-refractivity contribution is 7.09. The molecule has 1 aliphatic rings. The van der Waals surface area contributed by atoms with E-state index in [0.717, 1.165) is 43.1 Å². The lowest BCUT2D eigenvalue weighted by Crippen LogP contribution is -2.44. The molecule has 1 fully saturated rings. The highest BCUT2D eigenvalue weighted by Crippen LogP contribution is 2.30. The van der Waals surface area contributed by atoms with Gasteiger partial charge in [0.05, 0.1) is 11.4 Å². The second-order valence-electron chi connectivity index (χ2n) is 7.61. The topological polar surface area (TPSA) is 103 Å². The number of nitrogen functional groups attached to an aromatic ring is 1. The number of hydrogen-bond acceptors (Lipinski definition) is 9. The van der Waals surface area contributed by atoms with Crippen molar-refractivity contribution in [3.8, 4) is 11.8 Å². The van der Waals surface area contributed by atoms with E-state index in [-0.39, 0.29) is 5.95 Å². The van der Waals surface area contributed by atoms with Crippen LogP contribution in [0.4, 0.5) is 23.1 Å². The number of thiazole rings is 1. The summed E-state index contributed by atoms with van der Waals surface area (Å²) in [5.74, 6) is 6.86. The number of nitrogens with zero attached hydrogens (tertiary/aromatic N) is 5. The van der Waals surface area contributed by atoms with Crippen LogP contribution >= 0.6 is 11.3 Å². The summed E-state index contributed by atoms with van der Waals surface area (Å²) in [4.78, 5) is 17.1. The van der Waals surface area contributed by atoms with E-state index in [4.69, 9.17) is 5.73 Å². The van der Waals surface area contributed by atoms with Crippen molar-refractivity contribution in [3.05, 3.63) is 52.6 Å². The Kier molecular flexibility index (Phi) is 6.04. The monoisotopic (exact) mass is 435 g/mol. The summed E-state index contributed by atoms with van der Waals surface area (Å²) in [5, 5.41) is 16.4. The quantitative estimate of drug-likeness (QED) is 0.536. The number of nitrogens with one attached hydrogen (secondary N) is 1. The Morgan fingerprint density at radius 1 is 1.16 bits per heavy atom. The summed E-state index contributed by atoms with van der Waals surface area (Å²) >= 11 is 1.38. The first-order valence-corrected chi connectivity index (χ1v) is 10.9. The molecule has 1 saturated heterocycles. The van der Waals surface area contributed by atoms with Crippen LogP contribution in [0.2, 0.25) is 0 Å². The molecule has 2 aromatic heterocycles.